The lowest BCUT2D eigenvalue weighted by molar-refractivity contribution is -0.0479. The minimum atomic E-state index is -0.0635. The fraction of sp³-hybridized carbons (Fsp3) is 1.00. The number of rotatable bonds is 9. The molecule has 16 heavy (non-hydrogen) atoms. The van der Waals surface area contributed by atoms with Crippen LogP contribution in [0.1, 0.15) is 47.5 Å². The van der Waals surface area contributed by atoms with Gasteiger partial charge in [0.05, 0.1) is 24.9 Å². The standard InChI is InChI=1S/C13H29NO2/c1-6-7-8-14-11-12(2)15-9-10-16-13(3,4)5/h12,14H,6-11H2,1-5H3. The Morgan fingerprint density at radius 1 is 1.19 bits per heavy atom. The van der Waals surface area contributed by atoms with Gasteiger partial charge < -0.3 is 14.8 Å². The lowest BCUT2D eigenvalue weighted by Gasteiger charge is -2.20. The van der Waals surface area contributed by atoms with Crippen molar-refractivity contribution in [2.75, 3.05) is 26.3 Å². The van der Waals surface area contributed by atoms with Crippen LogP contribution in [0.5, 0.6) is 0 Å². The highest BCUT2D eigenvalue weighted by Gasteiger charge is 2.09. The Morgan fingerprint density at radius 3 is 2.44 bits per heavy atom. The van der Waals surface area contributed by atoms with E-state index in [4.69, 9.17) is 9.47 Å². The molecular weight excluding hydrogens is 202 g/mol. The van der Waals surface area contributed by atoms with Crippen molar-refractivity contribution in [2.24, 2.45) is 0 Å². The topological polar surface area (TPSA) is 30.5 Å². The van der Waals surface area contributed by atoms with Crippen molar-refractivity contribution in [3.05, 3.63) is 0 Å². The summed E-state index contributed by atoms with van der Waals surface area (Å²) in [4.78, 5) is 0. The maximum absolute atomic E-state index is 5.63. The quantitative estimate of drug-likeness (QED) is 0.619. The summed E-state index contributed by atoms with van der Waals surface area (Å²) in [6, 6.07) is 0. The SMILES string of the molecule is CCCCNCC(C)OCCOC(C)(C)C. The number of nitrogens with one attached hydrogen (secondary N) is 1. The summed E-state index contributed by atoms with van der Waals surface area (Å²) < 4.78 is 11.2. The van der Waals surface area contributed by atoms with Gasteiger partial charge in [0.1, 0.15) is 0 Å². The highest BCUT2D eigenvalue weighted by atomic mass is 16.5. The zero-order chi connectivity index (χ0) is 12.4. The smallest absolute Gasteiger partial charge is 0.0707 e. The summed E-state index contributed by atoms with van der Waals surface area (Å²) in [6.07, 6.45) is 2.74. The minimum Gasteiger partial charge on any atom is -0.375 e. The van der Waals surface area contributed by atoms with Crippen LogP contribution in [0.25, 0.3) is 0 Å². The third-order valence-electron chi connectivity index (χ3n) is 2.16. The zero-order valence-corrected chi connectivity index (χ0v) is 11.6. The molecule has 0 aromatic rings. The Balaban J connectivity index is 3.27. The predicted octanol–water partition coefficient (Wildman–Crippen LogP) is 2.60. The molecule has 0 bridgehead atoms. The molecular formula is C13H29NO2. The van der Waals surface area contributed by atoms with Crippen molar-refractivity contribution in [3.63, 3.8) is 0 Å². The molecule has 3 nitrogen and oxygen atoms in total. The zero-order valence-electron chi connectivity index (χ0n) is 11.6. The summed E-state index contributed by atoms with van der Waals surface area (Å²) in [5.41, 5.74) is -0.0635. The third kappa shape index (κ3) is 12.0. The van der Waals surface area contributed by atoms with Crippen LogP contribution in [-0.2, 0) is 9.47 Å². The van der Waals surface area contributed by atoms with Crippen molar-refractivity contribution in [3.8, 4) is 0 Å². The molecule has 0 saturated carbocycles. The largest absolute Gasteiger partial charge is 0.375 e. The monoisotopic (exact) mass is 231 g/mol. The van der Waals surface area contributed by atoms with Gasteiger partial charge in [-0.2, -0.15) is 0 Å². The average Bonchev–Trinajstić information content (AvgIpc) is 2.18. The molecule has 1 atom stereocenters. The summed E-state index contributed by atoms with van der Waals surface area (Å²) in [5, 5.41) is 3.38. The first-order valence-electron chi connectivity index (χ1n) is 6.42. The molecule has 0 aromatic carbocycles. The van der Waals surface area contributed by atoms with Crippen LogP contribution in [0.4, 0.5) is 0 Å². The maximum atomic E-state index is 5.63. The number of ether oxygens (including phenoxy) is 2. The van der Waals surface area contributed by atoms with E-state index in [-0.39, 0.29) is 11.7 Å². The molecule has 0 saturated heterocycles. The van der Waals surface area contributed by atoms with E-state index in [0.29, 0.717) is 13.2 Å². The van der Waals surface area contributed by atoms with Crippen LogP contribution in [0.2, 0.25) is 0 Å². The van der Waals surface area contributed by atoms with Gasteiger partial charge in [0.2, 0.25) is 0 Å². The number of hydrogen-bond donors (Lipinski definition) is 1. The van der Waals surface area contributed by atoms with Gasteiger partial charge in [-0.1, -0.05) is 13.3 Å². The molecule has 0 heterocycles. The van der Waals surface area contributed by atoms with Gasteiger partial charge in [-0.3, -0.25) is 0 Å². The minimum absolute atomic E-state index is 0.0635. The molecule has 0 aliphatic carbocycles. The van der Waals surface area contributed by atoms with Crippen molar-refractivity contribution in [2.45, 2.75) is 59.2 Å². The van der Waals surface area contributed by atoms with Gasteiger partial charge in [-0.25, -0.2) is 0 Å². The first-order valence-corrected chi connectivity index (χ1v) is 6.42. The summed E-state index contributed by atoms with van der Waals surface area (Å²) >= 11 is 0. The lowest BCUT2D eigenvalue weighted by Crippen LogP contribution is -2.29. The van der Waals surface area contributed by atoms with Gasteiger partial charge in [-0.05, 0) is 40.7 Å². The molecule has 1 unspecified atom stereocenters. The van der Waals surface area contributed by atoms with E-state index in [0.717, 1.165) is 13.1 Å². The Labute approximate surface area is 101 Å². The average molecular weight is 231 g/mol. The third-order valence-corrected chi connectivity index (χ3v) is 2.16. The first kappa shape index (κ1) is 15.9. The molecule has 0 rings (SSSR count). The van der Waals surface area contributed by atoms with Crippen LogP contribution in [0.3, 0.4) is 0 Å². The van der Waals surface area contributed by atoms with E-state index in [1.165, 1.54) is 12.8 Å². The fourth-order valence-electron chi connectivity index (χ4n) is 1.26. The van der Waals surface area contributed by atoms with E-state index in [1.807, 2.05) is 0 Å². The van der Waals surface area contributed by atoms with Crippen LogP contribution < -0.4 is 5.32 Å². The van der Waals surface area contributed by atoms with Gasteiger partial charge in [0, 0.05) is 6.54 Å². The van der Waals surface area contributed by atoms with E-state index in [1.54, 1.807) is 0 Å². The summed E-state index contributed by atoms with van der Waals surface area (Å²) in [6.45, 7) is 13.8. The first-order chi connectivity index (χ1) is 7.45. The van der Waals surface area contributed by atoms with Crippen LogP contribution in [0, 0.1) is 0 Å². The molecule has 0 aliphatic heterocycles. The molecule has 0 aromatic heterocycles. The molecule has 0 fully saturated rings. The van der Waals surface area contributed by atoms with E-state index < -0.39 is 0 Å². The van der Waals surface area contributed by atoms with Gasteiger partial charge in [-0.15, -0.1) is 0 Å². The highest BCUT2D eigenvalue weighted by molar-refractivity contribution is 4.59. The van der Waals surface area contributed by atoms with Gasteiger partial charge in [0.15, 0.2) is 0 Å². The second-order valence-corrected chi connectivity index (χ2v) is 5.20. The fourth-order valence-corrected chi connectivity index (χ4v) is 1.26. The molecule has 0 radical (unpaired) electrons. The summed E-state index contributed by atoms with van der Waals surface area (Å²) in [7, 11) is 0. The van der Waals surface area contributed by atoms with Crippen LogP contribution in [-0.4, -0.2) is 38.0 Å². The maximum Gasteiger partial charge on any atom is 0.0707 e. The number of unbranched alkanes of at least 4 members (excludes halogenated alkanes) is 1. The normalized spacial score (nSPS) is 14.1. The molecule has 0 spiro atoms. The lowest BCUT2D eigenvalue weighted by atomic mass is 10.2. The molecule has 0 aliphatic rings. The molecule has 3 heteroatoms. The van der Waals surface area contributed by atoms with Crippen molar-refractivity contribution in [1.29, 1.82) is 0 Å². The van der Waals surface area contributed by atoms with E-state index in [9.17, 15) is 0 Å². The van der Waals surface area contributed by atoms with Crippen molar-refractivity contribution < 1.29 is 9.47 Å². The van der Waals surface area contributed by atoms with Crippen molar-refractivity contribution in [1.82, 2.24) is 5.32 Å². The Morgan fingerprint density at radius 2 is 1.88 bits per heavy atom. The second-order valence-electron chi connectivity index (χ2n) is 5.20. The summed E-state index contributed by atoms with van der Waals surface area (Å²) in [5.74, 6) is 0. The van der Waals surface area contributed by atoms with Gasteiger partial charge in [0.25, 0.3) is 0 Å². The molecule has 98 valence electrons. The highest BCUT2D eigenvalue weighted by Crippen LogP contribution is 2.05. The number of hydrogen-bond acceptors (Lipinski definition) is 3. The van der Waals surface area contributed by atoms with Crippen molar-refractivity contribution >= 4 is 0 Å². The Hall–Kier alpha value is -0.120. The van der Waals surface area contributed by atoms with Crippen LogP contribution in [0.15, 0.2) is 0 Å². The Kier molecular flexibility index (Phi) is 8.90. The molecule has 0 amide bonds. The van der Waals surface area contributed by atoms with E-state index >= 15 is 0 Å². The Bertz CT molecular complexity index is 155. The van der Waals surface area contributed by atoms with E-state index in [2.05, 4.69) is 39.9 Å². The van der Waals surface area contributed by atoms with Gasteiger partial charge >= 0.3 is 0 Å². The second kappa shape index (κ2) is 8.97. The predicted molar refractivity (Wildman–Crippen MR) is 68.9 cm³/mol. The van der Waals surface area contributed by atoms with Crippen LogP contribution >= 0.6 is 0 Å². The molecule has 1 N–H and O–H groups in total.